The maximum absolute atomic E-state index is 5.36. The van der Waals surface area contributed by atoms with E-state index < -0.39 is 0 Å². The van der Waals surface area contributed by atoms with E-state index in [2.05, 4.69) is 26.7 Å². The fraction of sp³-hybridized carbons (Fsp3) is 0.250. The van der Waals surface area contributed by atoms with E-state index in [4.69, 9.17) is 5.73 Å². The third-order valence-electron chi connectivity index (χ3n) is 3.04. The molecular formula is C16H20N4. The summed E-state index contributed by atoms with van der Waals surface area (Å²) in [6.07, 6.45) is 6.62. The van der Waals surface area contributed by atoms with Crippen molar-refractivity contribution in [1.29, 1.82) is 0 Å². The van der Waals surface area contributed by atoms with Gasteiger partial charge in [-0.15, -0.1) is 0 Å². The van der Waals surface area contributed by atoms with Gasteiger partial charge in [-0.25, -0.2) is 4.98 Å². The lowest BCUT2D eigenvalue weighted by Crippen LogP contribution is -2.06. The highest BCUT2D eigenvalue weighted by atomic mass is 15.0. The Labute approximate surface area is 119 Å². The van der Waals surface area contributed by atoms with Gasteiger partial charge in [0.1, 0.15) is 5.82 Å². The summed E-state index contributed by atoms with van der Waals surface area (Å²) in [5.41, 5.74) is 6.42. The van der Waals surface area contributed by atoms with Crippen molar-refractivity contribution in [3.05, 3.63) is 60.8 Å². The Morgan fingerprint density at radius 2 is 1.85 bits per heavy atom. The normalized spacial score (nSPS) is 10.1. The smallest absolute Gasteiger partial charge is 0.105 e. The molecule has 0 radical (unpaired) electrons. The van der Waals surface area contributed by atoms with Crippen molar-refractivity contribution in [2.75, 3.05) is 6.54 Å². The molecule has 0 amide bonds. The Morgan fingerprint density at radius 3 is 2.55 bits per heavy atom. The summed E-state index contributed by atoms with van der Waals surface area (Å²) in [4.78, 5) is 8.27. The van der Waals surface area contributed by atoms with E-state index in [1.54, 1.807) is 0 Å². The molecule has 0 unspecified atom stereocenters. The number of hydrogen-bond acceptors (Lipinski definition) is 3. The van der Waals surface area contributed by atoms with Gasteiger partial charge in [0.2, 0.25) is 0 Å². The lowest BCUT2D eigenvalue weighted by Gasteiger charge is -2.01. The molecule has 2 N–H and O–H groups in total. The first kappa shape index (κ1) is 14.2. The van der Waals surface area contributed by atoms with Crippen LogP contribution in [0.15, 0.2) is 55.0 Å². The van der Waals surface area contributed by atoms with Gasteiger partial charge in [-0.05, 0) is 32.0 Å². The van der Waals surface area contributed by atoms with Crippen LogP contribution < -0.4 is 5.73 Å². The van der Waals surface area contributed by atoms with Crippen molar-refractivity contribution in [3.8, 4) is 0 Å². The molecule has 3 aromatic rings. The Hall–Kier alpha value is -2.20. The molecule has 2 heterocycles. The van der Waals surface area contributed by atoms with Crippen LogP contribution >= 0.6 is 0 Å². The Kier molecular flexibility index (Phi) is 5.26. The third-order valence-corrected chi connectivity index (χ3v) is 3.04. The van der Waals surface area contributed by atoms with Crippen LogP contribution in [0.1, 0.15) is 12.2 Å². The average molecular weight is 268 g/mol. The summed E-state index contributed by atoms with van der Waals surface area (Å²) in [6, 6.07) is 12.1. The molecule has 0 aliphatic rings. The molecule has 0 bridgehead atoms. The van der Waals surface area contributed by atoms with Gasteiger partial charge in [0, 0.05) is 30.5 Å². The van der Waals surface area contributed by atoms with Crippen LogP contribution in [0.5, 0.6) is 0 Å². The van der Waals surface area contributed by atoms with Gasteiger partial charge in [0.05, 0.1) is 5.52 Å². The molecule has 0 saturated heterocycles. The van der Waals surface area contributed by atoms with E-state index in [1.165, 1.54) is 5.39 Å². The van der Waals surface area contributed by atoms with Crippen LogP contribution in [0.25, 0.3) is 10.9 Å². The zero-order valence-corrected chi connectivity index (χ0v) is 11.7. The first-order valence-electron chi connectivity index (χ1n) is 6.79. The van der Waals surface area contributed by atoms with E-state index in [1.807, 2.05) is 49.8 Å². The molecule has 0 spiro atoms. The van der Waals surface area contributed by atoms with Crippen LogP contribution in [0.2, 0.25) is 0 Å². The number of hydrogen-bond donors (Lipinski definition) is 1. The Morgan fingerprint density at radius 1 is 1.05 bits per heavy atom. The highest BCUT2D eigenvalue weighted by molar-refractivity contribution is 5.77. The Balaban J connectivity index is 0.000000147. The van der Waals surface area contributed by atoms with Crippen molar-refractivity contribution in [2.24, 2.45) is 5.73 Å². The molecule has 3 rings (SSSR count). The second-order valence-electron chi connectivity index (χ2n) is 4.51. The standard InChI is InChI=1S/C9H7N.C7H13N3/c1-2-6-9-8(4-1)5-3-7-10-9;1-7-9-4-6-10(7)5-2-3-8/h1-7H;4,6H,2-3,5,8H2,1H3. The first-order valence-corrected chi connectivity index (χ1v) is 6.79. The van der Waals surface area contributed by atoms with Gasteiger partial charge in [-0.2, -0.15) is 0 Å². The maximum Gasteiger partial charge on any atom is 0.105 e. The average Bonchev–Trinajstić information content (AvgIpc) is 2.91. The summed E-state index contributed by atoms with van der Waals surface area (Å²) in [5, 5.41) is 1.20. The molecular weight excluding hydrogens is 248 g/mol. The van der Waals surface area contributed by atoms with E-state index in [0.717, 1.165) is 30.9 Å². The summed E-state index contributed by atoms with van der Waals surface area (Å²) >= 11 is 0. The van der Waals surface area contributed by atoms with E-state index in [0.29, 0.717) is 0 Å². The Bertz CT molecular complexity index is 580. The molecule has 2 aromatic heterocycles. The summed E-state index contributed by atoms with van der Waals surface area (Å²) in [6.45, 7) is 3.73. The third kappa shape index (κ3) is 3.90. The van der Waals surface area contributed by atoms with Crippen molar-refractivity contribution in [1.82, 2.24) is 14.5 Å². The predicted molar refractivity (Wildman–Crippen MR) is 82.4 cm³/mol. The second-order valence-corrected chi connectivity index (χ2v) is 4.51. The van der Waals surface area contributed by atoms with Crippen molar-refractivity contribution < 1.29 is 0 Å². The molecule has 0 saturated carbocycles. The second kappa shape index (κ2) is 7.40. The lowest BCUT2D eigenvalue weighted by atomic mass is 10.2. The summed E-state index contributed by atoms with van der Waals surface area (Å²) < 4.78 is 2.10. The number of benzene rings is 1. The number of fused-ring (bicyclic) bond motifs is 1. The zero-order chi connectivity index (χ0) is 14.2. The van der Waals surface area contributed by atoms with E-state index in [-0.39, 0.29) is 0 Å². The molecule has 0 aliphatic heterocycles. The number of para-hydroxylation sites is 1. The largest absolute Gasteiger partial charge is 0.335 e. The molecule has 0 aliphatic carbocycles. The highest BCUT2D eigenvalue weighted by Crippen LogP contribution is 2.07. The van der Waals surface area contributed by atoms with Gasteiger partial charge < -0.3 is 10.3 Å². The minimum atomic E-state index is 0.748. The SMILES string of the molecule is Cc1nccn1CCCN.c1ccc2ncccc2c1. The minimum Gasteiger partial charge on any atom is -0.335 e. The molecule has 20 heavy (non-hydrogen) atoms. The van der Waals surface area contributed by atoms with Crippen LogP contribution in [0, 0.1) is 6.92 Å². The van der Waals surface area contributed by atoms with Crippen LogP contribution in [-0.4, -0.2) is 21.1 Å². The fourth-order valence-electron chi connectivity index (χ4n) is 1.92. The van der Waals surface area contributed by atoms with Crippen molar-refractivity contribution >= 4 is 10.9 Å². The van der Waals surface area contributed by atoms with Gasteiger partial charge in [-0.3, -0.25) is 4.98 Å². The monoisotopic (exact) mass is 268 g/mol. The molecule has 1 aromatic carbocycles. The molecule has 4 heteroatoms. The number of imidazole rings is 1. The van der Waals surface area contributed by atoms with Crippen molar-refractivity contribution in [2.45, 2.75) is 19.9 Å². The number of nitrogens with two attached hydrogens (primary N) is 1. The predicted octanol–water partition coefficient (Wildman–Crippen LogP) is 2.78. The number of aromatic nitrogens is 3. The lowest BCUT2D eigenvalue weighted by molar-refractivity contribution is 0.633. The van der Waals surface area contributed by atoms with Crippen LogP contribution in [0.3, 0.4) is 0 Å². The summed E-state index contributed by atoms with van der Waals surface area (Å²) in [5.74, 6) is 1.06. The quantitative estimate of drug-likeness (QED) is 0.794. The number of aryl methyl sites for hydroxylation is 2. The first-order chi connectivity index (χ1) is 9.81. The maximum atomic E-state index is 5.36. The zero-order valence-electron chi connectivity index (χ0n) is 11.7. The number of rotatable bonds is 3. The minimum absolute atomic E-state index is 0.748. The molecule has 104 valence electrons. The van der Waals surface area contributed by atoms with Gasteiger partial charge in [0.15, 0.2) is 0 Å². The molecule has 4 nitrogen and oxygen atoms in total. The summed E-state index contributed by atoms with van der Waals surface area (Å²) in [7, 11) is 0. The number of nitrogens with zero attached hydrogens (tertiary/aromatic N) is 3. The van der Waals surface area contributed by atoms with E-state index in [9.17, 15) is 0 Å². The van der Waals surface area contributed by atoms with E-state index >= 15 is 0 Å². The fourth-order valence-corrected chi connectivity index (χ4v) is 1.92. The highest BCUT2D eigenvalue weighted by Gasteiger charge is 1.93. The molecule has 0 atom stereocenters. The van der Waals surface area contributed by atoms with Gasteiger partial charge >= 0.3 is 0 Å². The molecule has 0 fully saturated rings. The van der Waals surface area contributed by atoms with Crippen LogP contribution in [-0.2, 0) is 6.54 Å². The van der Waals surface area contributed by atoms with Gasteiger partial charge in [-0.1, -0.05) is 24.3 Å². The topological polar surface area (TPSA) is 56.7 Å². The van der Waals surface area contributed by atoms with Gasteiger partial charge in [0.25, 0.3) is 0 Å². The van der Waals surface area contributed by atoms with Crippen LogP contribution in [0.4, 0.5) is 0 Å². The van der Waals surface area contributed by atoms with Crippen molar-refractivity contribution in [3.63, 3.8) is 0 Å². The number of pyridine rings is 1.